The van der Waals surface area contributed by atoms with Crippen molar-refractivity contribution < 1.29 is 9.47 Å². The summed E-state index contributed by atoms with van der Waals surface area (Å²) >= 11 is 0. The van der Waals surface area contributed by atoms with Gasteiger partial charge in [-0.05, 0) is 50.1 Å². The quantitative estimate of drug-likeness (QED) is 0.492. The van der Waals surface area contributed by atoms with E-state index in [0.717, 1.165) is 37.3 Å². The van der Waals surface area contributed by atoms with Gasteiger partial charge in [0.25, 0.3) is 0 Å². The van der Waals surface area contributed by atoms with E-state index in [2.05, 4.69) is 17.5 Å². The van der Waals surface area contributed by atoms with Gasteiger partial charge in [0, 0.05) is 13.7 Å². The lowest BCUT2D eigenvalue weighted by Gasteiger charge is -2.18. The van der Waals surface area contributed by atoms with E-state index in [0.29, 0.717) is 13.2 Å². The van der Waals surface area contributed by atoms with Gasteiger partial charge in [-0.25, -0.2) is 0 Å². The van der Waals surface area contributed by atoms with Gasteiger partial charge in [-0.2, -0.15) is 0 Å². The molecule has 2 aliphatic rings. The van der Waals surface area contributed by atoms with Crippen molar-refractivity contribution in [2.75, 3.05) is 40.0 Å². The van der Waals surface area contributed by atoms with Gasteiger partial charge in [-0.3, -0.25) is 0 Å². The number of hydrogen-bond acceptors (Lipinski definition) is 3. The van der Waals surface area contributed by atoms with E-state index in [1.165, 1.54) is 19.4 Å². The zero-order chi connectivity index (χ0) is 11.9. The van der Waals surface area contributed by atoms with Crippen molar-refractivity contribution in [3.05, 3.63) is 12.2 Å². The van der Waals surface area contributed by atoms with Gasteiger partial charge in [0.2, 0.25) is 0 Å². The summed E-state index contributed by atoms with van der Waals surface area (Å²) < 4.78 is 10.3. The Morgan fingerprint density at radius 2 is 2.12 bits per heavy atom. The molecule has 1 fully saturated rings. The smallest absolute Gasteiger partial charge is 0.0700 e. The highest BCUT2D eigenvalue weighted by Crippen LogP contribution is 2.42. The van der Waals surface area contributed by atoms with Crippen molar-refractivity contribution >= 4 is 0 Å². The summed E-state index contributed by atoms with van der Waals surface area (Å²) in [5.74, 6) is 2.65. The first-order chi connectivity index (χ1) is 8.40. The Balaban J connectivity index is 1.41. The molecular weight excluding hydrogens is 214 g/mol. The fraction of sp³-hybridized carbons (Fsp3) is 0.857. The minimum Gasteiger partial charge on any atom is -0.382 e. The fourth-order valence-corrected chi connectivity index (χ4v) is 2.96. The second-order valence-corrected chi connectivity index (χ2v) is 5.20. The summed E-state index contributed by atoms with van der Waals surface area (Å²) in [6.45, 7) is 4.51. The molecule has 0 saturated heterocycles. The zero-order valence-corrected chi connectivity index (χ0v) is 10.9. The van der Waals surface area contributed by atoms with Crippen molar-refractivity contribution in [2.45, 2.75) is 19.3 Å². The molecule has 3 unspecified atom stereocenters. The Kier molecular flexibility index (Phi) is 5.49. The first kappa shape index (κ1) is 13.1. The predicted octanol–water partition coefficient (Wildman–Crippen LogP) is 1.84. The Morgan fingerprint density at radius 3 is 2.82 bits per heavy atom. The van der Waals surface area contributed by atoms with E-state index in [1.54, 1.807) is 7.11 Å². The van der Waals surface area contributed by atoms with Gasteiger partial charge >= 0.3 is 0 Å². The van der Waals surface area contributed by atoms with Gasteiger partial charge in [-0.15, -0.1) is 0 Å². The number of ether oxygens (including phenoxy) is 2. The molecule has 2 bridgehead atoms. The molecule has 17 heavy (non-hydrogen) atoms. The summed E-state index contributed by atoms with van der Waals surface area (Å²) in [4.78, 5) is 0. The van der Waals surface area contributed by atoms with Crippen LogP contribution in [-0.4, -0.2) is 40.0 Å². The van der Waals surface area contributed by atoms with Crippen LogP contribution in [0.25, 0.3) is 0 Å². The van der Waals surface area contributed by atoms with Crippen LogP contribution < -0.4 is 5.32 Å². The average Bonchev–Trinajstić information content (AvgIpc) is 2.94. The summed E-state index contributed by atoms with van der Waals surface area (Å²) in [5.41, 5.74) is 0. The number of nitrogens with one attached hydrogen (secondary N) is 1. The third kappa shape index (κ3) is 4.09. The van der Waals surface area contributed by atoms with Crippen LogP contribution in [0.5, 0.6) is 0 Å². The normalized spacial score (nSPS) is 30.3. The maximum absolute atomic E-state index is 5.42. The molecular formula is C14H25NO2. The molecule has 3 atom stereocenters. The predicted molar refractivity (Wildman–Crippen MR) is 69.0 cm³/mol. The van der Waals surface area contributed by atoms with Gasteiger partial charge in [-0.1, -0.05) is 12.2 Å². The summed E-state index contributed by atoms with van der Waals surface area (Å²) in [6.07, 6.45) is 8.74. The maximum atomic E-state index is 5.42. The van der Waals surface area contributed by atoms with Crippen LogP contribution in [0.2, 0.25) is 0 Å². The van der Waals surface area contributed by atoms with Crippen LogP contribution >= 0.6 is 0 Å². The number of allylic oxidation sites excluding steroid dienone is 2. The second kappa shape index (κ2) is 7.14. The van der Waals surface area contributed by atoms with Crippen molar-refractivity contribution in [2.24, 2.45) is 17.8 Å². The van der Waals surface area contributed by atoms with Crippen molar-refractivity contribution in [1.82, 2.24) is 5.32 Å². The van der Waals surface area contributed by atoms with E-state index < -0.39 is 0 Å². The van der Waals surface area contributed by atoms with Gasteiger partial charge < -0.3 is 14.8 Å². The summed E-state index contributed by atoms with van der Waals surface area (Å²) in [6, 6.07) is 0. The lowest BCUT2D eigenvalue weighted by molar-refractivity contribution is 0.0694. The Bertz CT molecular complexity index is 242. The molecule has 0 heterocycles. The van der Waals surface area contributed by atoms with E-state index in [1.807, 2.05) is 0 Å². The fourth-order valence-electron chi connectivity index (χ4n) is 2.96. The highest BCUT2D eigenvalue weighted by atomic mass is 16.5. The molecule has 0 spiro atoms. The number of hydrogen-bond donors (Lipinski definition) is 1. The minimum atomic E-state index is 0.699. The largest absolute Gasteiger partial charge is 0.382 e. The van der Waals surface area contributed by atoms with E-state index >= 15 is 0 Å². The minimum absolute atomic E-state index is 0.699. The molecule has 98 valence electrons. The van der Waals surface area contributed by atoms with E-state index in [-0.39, 0.29) is 0 Å². The zero-order valence-electron chi connectivity index (χ0n) is 10.9. The van der Waals surface area contributed by atoms with E-state index in [9.17, 15) is 0 Å². The van der Waals surface area contributed by atoms with Gasteiger partial charge in [0.15, 0.2) is 0 Å². The maximum Gasteiger partial charge on any atom is 0.0700 e. The summed E-state index contributed by atoms with van der Waals surface area (Å²) in [7, 11) is 1.70. The van der Waals surface area contributed by atoms with Crippen LogP contribution in [0.15, 0.2) is 12.2 Å². The topological polar surface area (TPSA) is 30.5 Å². The average molecular weight is 239 g/mol. The Labute approximate surface area is 105 Å². The molecule has 0 aliphatic heterocycles. The monoisotopic (exact) mass is 239 g/mol. The van der Waals surface area contributed by atoms with Crippen molar-refractivity contribution in [3.8, 4) is 0 Å². The number of fused-ring (bicyclic) bond motifs is 2. The highest BCUT2D eigenvalue weighted by Gasteiger charge is 2.34. The van der Waals surface area contributed by atoms with Crippen LogP contribution in [0.1, 0.15) is 19.3 Å². The molecule has 3 heteroatoms. The third-order valence-electron chi connectivity index (χ3n) is 3.90. The van der Waals surface area contributed by atoms with E-state index in [4.69, 9.17) is 9.47 Å². The highest BCUT2D eigenvalue weighted by molar-refractivity contribution is 5.10. The Hall–Kier alpha value is -0.380. The van der Waals surface area contributed by atoms with Crippen molar-refractivity contribution in [3.63, 3.8) is 0 Å². The van der Waals surface area contributed by atoms with Crippen LogP contribution in [-0.2, 0) is 9.47 Å². The van der Waals surface area contributed by atoms with Crippen LogP contribution in [0.3, 0.4) is 0 Å². The molecule has 0 radical (unpaired) electrons. The molecule has 0 amide bonds. The van der Waals surface area contributed by atoms with Crippen LogP contribution in [0, 0.1) is 17.8 Å². The number of rotatable bonds is 9. The molecule has 2 rings (SSSR count). The van der Waals surface area contributed by atoms with Gasteiger partial charge in [0.1, 0.15) is 0 Å². The first-order valence-electron chi connectivity index (χ1n) is 6.86. The second-order valence-electron chi connectivity index (χ2n) is 5.20. The third-order valence-corrected chi connectivity index (χ3v) is 3.90. The molecule has 0 aromatic heterocycles. The van der Waals surface area contributed by atoms with Crippen LogP contribution in [0.4, 0.5) is 0 Å². The lowest BCUT2D eigenvalue weighted by Crippen LogP contribution is -2.26. The molecule has 0 aromatic rings. The molecule has 0 aromatic carbocycles. The lowest BCUT2D eigenvalue weighted by atomic mass is 9.94. The molecule has 3 nitrogen and oxygen atoms in total. The number of methoxy groups -OCH3 is 1. The Morgan fingerprint density at radius 1 is 1.18 bits per heavy atom. The standard InChI is InChI=1S/C14H25NO2/c1-16-7-8-17-6-2-5-15-11-14-10-12-3-4-13(14)9-12/h3-4,12-15H,2,5-11H2,1H3. The van der Waals surface area contributed by atoms with Crippen molar-refractivity contribution in [1.29, 1.82) is 0 Å². The molecule has 1 N–H and O–H groups in total. The molecule has 1 saturated carbocycles. The summed E-state index contributed by atoms with van der Waals surface area (Å²) in [5, 5.41) is 3.56. The van der Waals surface area contributed by atoms with Gasteiger partial charge in [0.05, 0.1) is 13.2 Å². The first-order valence-corrected chi connectivity index (χ1v) is 6.86. The SMILES string of the molecule is COCCOCCCNCC1CC2C=CC1C2. The molecule has 2 aliphatic carbocycles.